The van der Waals surface area contributed by atoms with Crippen molar-refractivity contribution in [3.8, 4) is 0 Å². The highest BCUT2D eigenvalue weighted by molar-refractivity contribution is 7.81. The van der Waals surface area contributed by atoms with E-state index in [1.54, 1.807) is 6.92 Å². The van der Waals surface area contributed by atoms with Gasteiger partial charge in [-0.3, -0.25) is 0 Å². The molecule has 0 aromatic carbocycles. The van der Waals surface area contributed by atoms with Gasteiger partial charge in [-0.2, -0.15) is 25.3 Å². The molecule has 0 aliphatic carbocycles. The summed E-state index contributed by atoms with van der Waals surface area (Å²) in [6.45, 7) is 1.56. The fourth-order valence-electron chi connectivity index (χ4n) is 0.179. The van der Waals surface area contributed by atoms with E-state index >= 15 is 0 Å². The Morgan fingerprint density at radius 3 is 1.89 bits per heavy atom. The lowest BCUT2D eigenvalue weighted by atomic mass is 9.97. The van der Waals surface area contributed by atoms with Crippen LogP contribution in [0.3, 0.4) is 0 Å². The second-order valence-electron chi connectivity index (χ2n) is 2.16. The highest BCUT2D eigenvalue weighted by Crippen LogP contribution is 2.17. The zero-order valence-corrected chi connectivity index (χ0v) is 6.91. The molecule has 0 heterocycles. The molecule has 4 heteroatoms. The van der Waals surface area contributed by atoms with Gasteiger partial charge >= 0.3 is 0 Å². The van der Waals surface area contributed by atoms with Gasteiger partial charge in [-0.15, -0.1) is 0 Å². The Hall–Kier alpha value is 0.170. The molecule has 0 amide bonds. The number of aliphatic carboxylic acids is 1. The van der Waals surface area contributed by atoms with Crippen LogP contribution in [-0.4, -0.2) is 17.5 Å². The Balaban J connectivity index is 4.09. The number of carbonyl (C=O) groups excluding carboxylic acids is 1. The van der Waals surface area contributed by atoms with Crippen LogP contribution in [0.4, 0.5) is 0 Å². The van der Waals surface area contributed by atoms with E-state index < -0.39 is 11.4 Å². The number of rotatable bonds is 3. The molecule has 0 aromatic heterocycles. The van der Waals surface area contributed by atoms with Crippen molar-refractivity contribution in [2.24, 2.45) is 5.41 Å². The fourth-order valence-corrected chi connectivity index (χ4v) is 0.837. The van der Waals surface area contributed by atoms with Crippen LogP contribution in [0.15, 0.2) is 0 Å². The predicted molar refractivity (Wildman–Crippen MR) is 40.8 cm³/mol. The highest BCUT2D eigenvalue weighted by atomic mass is 32.1. The molecule has 54 valence electrons. The number of carboxylic acid groups (broad SMARTS) is 1. The Bertz CT molecular complexity index is 110. The number of hydrogen-bond donors (Lipinski definition) is 2. The van der Waals surface area contributed by atoms with Gasteiger partial charge in [0.15, 0.2) is 0 Å². The number of thiol groups is 2. The van der Waals surface area contributed by atoms with Crippen molar-refractivity contribution in [3.63, 3.8) is 0 Å². The summed E-state index contributed by atoms with van der Waals surface area (Å²) in [5.74, 6) is -0.565. The van der Waals surface area contributed by atoms with Crippen LogP contribution >= 0.6 is 25.3 Å². The van der Waals surface area contributed by atoms with Crippen LogP contribution in [0.2, 0.25) is 0 Å². The van der Waals surface area contributed by atoms with Gasteiger partial charge in [0.25, 0.3) is 0 Å². The molecule has 0 aromatic rings. The Morgan fingerprint density at radius 2 is 1.89 bits per heavy atom. The molecule has 0 N–H and O–H groups in total. The summed E-state index contributed by atoms with van der Waals surface area (Å²) >= 11 is 7.70. The van der Waals surface area contributed by atoms with E-state index in [2.05, 4.69) is 25.3 Å². The molecular formula is C5H9O2S2-. The van der Waals surface area contributed by atoms with E-state index in [0.29, 0.717) is 0 Å². The minimum Gasteiger partial charge on any atom is -0.550 e. The standard InChI is InChI=1S/C5H10O2S2/c1-5(2-8,3-9)4(6)7/h8-9H,2-3H2,1H3,(H,6,7)/p-1. The molecule has 0 aliphatic rings. The van der Waals surface area contributed by atoms with Crippen LogP contribution in [0.25, 0.3) is 0 Å². The van der Waals surface area contributed by atoms with E-state index in [1.165, 1.54) is 0 Å². The van der Waals surface area contributed by atoms with Crippen molar-refractivity contribution in [3.05, 3.63) is 0 Å². The Kier molecular flexibility index (Phi) is 3.43. The molecule has 0 saturated heterocycles. The lowest BCUT2D eigenvalue weighted by molar-refractivity contribution is -0.315. The summed E-state index contributed by atoms with van der Waals surface area (Å²) in [5, 5.41) is 10.3. The smallest absolute Gasteiger partial charge is 0.0489 e. The molecule has 0 bridgehead atoms. The third-order valence-corrected chi connectivity index (χ3v) is 2.59. The van der Waals surface area contributed by atoms with E-state index in [0.717, 1.165) is 0 Å². The zero-order chi connectivity index (χ0) is 7.49. The van der Waals surface area contributed by atoms with Crippen molar-refractivity contribution in [1.29, 1.82) is 0 Å². The van der Waals surface area contributed by atoms with Crippen LogP contribution in [-0.2, 0) is 4.79 Å². The number of carbonyl (C=O) groups is 1. The van der Waals surface area contributed by atoms with Gasteiger partial charge in [0.1, 0.15) is 0 Å². The van der Waals surface area contributed by atoms with Gasteiger partial charge < -0.3 is 9.90 Å². The summed E-state index contributed by atoms with van der Waals surface area (Å²) in [5.41, 5.74) is -0.883. The van der Waals surface area contributed by atoms with Crippen LogP contribution in [0, 0.1) is 5.41 Å². The summed E-state index contributed by atoms with van der Waals surface area (Å²) in [6, 6.07) is 0. The SMILES string of the molecule is CC(CS)(CS)C(=O)[O-]. The van der Waals surface area contributed by atoms with Gasteiger partial charge in [-0.1, -0.05) is 6.92 Å². The fraction of sp³-hybridized carbons (Fsp3) is 0.800. The summed E-state index contributed by atoms with van der Waals surface area (Å²) in [7, 11) is 0. The van der Waals surface area contributed by atoms with Crippen molar-refractivity contribution in [1.82, 2.24) is 0 Å². The summed E-state index contributed by atoms with van der Waals surface area (Å²) < 4.78 is 0. The molecule has 9 heavy (non-hydrogen) atoms. The van der Waals surface area contributed by atoms with Gasteiger partial charge in [0.05, 0.1) is 0 Å². The topological polar surface area (TPSA) is 40.1 Å². The first-order chi connectivity index (χ1) is 4.06. The molecular weight excluding hydrogens is 156 g/mol. The van der Waals surface area contributed by atoms with E-state index in [1.807, 2.05) is 0 Å². The first-order valence-corrected chi connectivity index (χ1v) is 3.76. The second kappa shape index (κ2) is 3.37. The first kappa shape index (κ1) is 9.17. The number of carboxylic acids is 1. The van der Waals surface area contributed by atoms with E-state index in [-0.39, 0.29) is 11.5 Å². The third-order valence-electron chi connectivity index (χ3n) is 1.19. The van der Waals surface area contributed by atoms with Crippen LogP contribution in [0.1, 0.15) is 6.92 Å². The quantitative estimate of drug-likeness (QED) is 0.559. The van der Waals surface area contributed by atoms with Gasteiger partial charge in [-0.05, 0) is 0 Å². The monoisotopic (exact) mass is 165 g/mol. The first-order valence-electron chi connectivity index (χ1n) is 2.50. The Labute approximate surface area is 65.5 Å². The molecule has 2 nitrogen and oxygen atoms in total. The average Bonchev–Trinajstić information content (AvgIpc) is 1.86. The molecule has 0 unspecified atom stereocenters. The van der Waals surface area contributed by atoms with Crippen LogP contribution in [0.5, 0.6) is 0 Å². The van der Waals surface area contributed by atoms with Crippen molar-refractivity contribution < 1.29 is 9.90 Å². The van der Waals surface area contributed by atoms with Gasteiger partial charge in [-0.25, -0.2) is 0 Å². The second-order valence-corrected chi connectivity index (χ2v) is 2.80. The summed E-state index contributed by atoms with van der Waals surface area (Å²) in [6.07, 6.45) is 0. The van der Waals surface area contributed by atoms with Crippen molar-refractivity contribution in [2.75, 3.05) is 11.5 Å². The molecule has 0 spiro atoms. The van der Waals surface area contributed by atoms with E-state index in [4.69, 9.17) is 0 Å². The number of hydrogen-bond acceptors (Lipinski definition) is 4. The molecule has 0 aliphatic heterocycles. The average molecular weight is 165 g/mol. The lowest BCUT2D eigenvalue weighted by Gasteiger charge is -2.25. The van der Waals surface area contributed by atoms with Crippen molar-refractivity contribution in [2.45, 2.75) is 6.92 Å². The maximum absolute atomic E-state index is 10.3. The Morgan fingerprint density at radius 1 is 1.56 bits per heavy atom. The molecule has 0 atom stereocenters. The zero-order valence-electron chi connectivity index (χ0n) is 5.13. The largest absolute Gasteiger partial charge is 0.550 e. The third kappa shape index (κ3) is 2.10. The predicted octanol–water partition coefficient (Wildman–Crippen LogP) is -0.398. The minimum atomic E-state index is -1.09. The molecule has 0 rings (SSSR count). The molecule has 0 saturated carbocycles. The lowest BCUT2D eigenvalue weighted by Crippen LogP contribution is -2.42. The van der Waals surface area contributed by atoms with Gasteiger partial charge in [0.2, 0.25) is 0 Å². The van der Waals surface area contributed by atoms with Gasteiger partial charge in [0, 0.05) is 22.9 Å². The minimum absolute atomic E-state index is 0.263. The maximum Gasteiger partial charge on any atom is 0.0489 e. The van der Waals surface area contributed by atoms with Crippen molar-refractivity contribution >= 4 is 31.2 Å². The van der Waals surface area contributed by atoms with E-state index in [9.17, 15) is 9.90 Å². The van der Waals surface area contributed by atoms with Crippen LogP contribution < -0.4 is 5.11 Å². The maximum atomic E-state index is 10.3. The normalized spacial score (nSPS) is 11.4. The molecule has 0 radical (unpaired) electrons. The molecule has 0 fully saturated rings. The highest BCUT2D eigenvalue weighted by Gasteiger charge is 2.21. The summed E-state index contributed by atoms with van der Waals surface area (Å²) in [4.78, 5) is 10.3.